The normalized spacial score (nSPS) is 21.3. The summed E-state index contributed by atoms with van der Waals surface area (Å²) in [4.78, 5) is 87.8. The van der Waals surface area contributed by atoms with E-state index in [0.29, 0.717) is 43.8 Å². The molecule has 15 nitrogen and oxygen atoms in total. The first kappa shape index (κ1) is 46.5. The van der Waals surface area contributed by atoms with E-state index in [0.717, 1.165) is 44.7 Å². The number of nitrogens with zero attached hydrogens (tertiary/aromatic N) is 6. The molecule has 4 amide bonds. The first-order valence-electron chi connectivity index (χ1n) is 22.3. The van der Waals surface area contributed by atoms with Gasteiger partial charge in [-0.1, -0.05) is 40.3 Å². The molecule has 16 heteroatoms. The molecule has 6 bridgehead atoms. The lowest BCUT2D eigenvalue weighted by atomic mass is 9.84. The minimum Gasteiger partial charge on any atom is -0.463 e. The predicted octanol–water partition coefficient (Wildman–Crippen LogP) is 6.15. The van der Waals surface area contributed by atoms with Crippen molar-refractivity contribution < 1.29 is 38.3 Å². The van der Waals surface area contributed by atoms with Crippen molar-refractivity contribution in [1.29, 1.82) is 0 Å². The summed E-state index contributed by atoms with van der Waals surface area (Å²) in [5.41, 5.74) is 6.00. The second-order valence-electron chi connectivity index (χ2n) is 18.2. The Balaban J connectivity index is 1.27. The molecule has 0 radical (unpaired) electrons. The van der Waals surface area contributed by atoms with Crippen molar-refractivity contribution in [3.63, 3.8) is 0 Å². The van der Waals surface area contributed by atoms with Crippen molar-refractivity contribution in [2.24, 2.45) is 17.3 Å². The number of likely N-dealkylation sites (tertiary alicyclic amines) is 1. The standard InChI is InChI=1S/C48H61N7O8S/c1-10-40(56)53-21-18-31(25-53)45(58)52(8)42(28(3)4)44(57)51-35-23-39-50-36(26-64-39)30-16-17-37-33(22-30)34(43(54(37)11-2)32-14-12-19-49-41(32)29(5)61-9)24-48(6,7)27-62-47(60)38-15-13-20-55(63-38)46(35)59/h10,12,14,16-17,19,22,26,28-29,31,35,38,42H,1,11,13,15,18,20-21,23-25,27H2,2-9H3,(H,51,57)/t29?,31?,35?,38-,42?/m0/s1. The summed E-state index contributed by atoms with van der Waals surface area (Å²) in [6.45, 7) is 17.1. The number of benzene rings is 1. The number of aromatic nitrogens is 3. The topological polar surface area (TPSA) is 166 Å². The van der Waals surface area contributed by atoms with E-state index < -0.39 is 47.3 Å². The molecule has 2 saturated heterocycles. The fraction of sp³-hybridized carbons (Fsp3) is 0.521. The van der Waals surface area contributed by atoms with Crippen LogP contribution in [0.2, 0.25) is 0 Å². The number of rotatable bonds is 10. The smallest absolute Gasteiger partial charge is 0.338 e. The molecular formula is C48H61N7O8S. The molecule has 1 aromatic carbocycles. The number of pyridine rings is 1. The number of fused-ring (bicyclic) bond motifs is 6. The Hall–Kier alpha value is -5.45. The molecule has 7 rings (SSSR count). The summed E-state index contributed by atoms with van der Waals surface area (Å²) in [5, 5.41) is 7.74. The van der Waals surface area contributed by atoms with Gasteiger partial charge in [0.25, 0.3) is 5.91 Å². The van der Waals surface area contributed by atoms with E-state index in [1.807, 2.05) is 32.2 Å². The third-order valence-electron chi connectivity index (χ3n) is 12.7. The van der Waals surface area contributed by atoms with Gasteiger partial charge in [0, 0.05) is 85.8 Å². The zero-order chi connectivity index (χ0) is 46.0. The Bertz CT molecular complexity index is 2420. The van der Waals surface area contributed by atoms with Crippen LogP contribution in [-0.4, -0.2) is 118 Å². The predicted molar refractivity (Wildman–Crippen MR) is 244 cm³/mol. The number of aryl methyl sites for hydroxylation is 1. The third-order valence-corrected chi connectivity index (χ3v) is 13.6. The van der Waals surface area contributed by atoms with Gasteiger partial charge in [0.15, 0.2) is 6.10 Å². The first-order chi connectivity index (χ1) is 30.5. The van der Waals surface area contributed by atoms with Gasteiger partial charge in [-0.2, -0.15) is 0 Å². The van der Waals surface area contributed by atoms with Crippen molar-refractivity contribution in [3.05, 3.63) is 70.8 Å². The number of hydroxylamine groups is 2. The van der Waals surface area contributed by atoms with Gasteiger partial charge in [-0.25, -0.2) is 14.8 Å². The summed E-state index contributed by atoms with van der Waals surface area (Å²) in [7, 11) is 3.26. The van der Waals surface area contributed by atoms with Gasteiger partial charge >= 0.3 is 5.97 Å². The van der Waals surface area contributed by atoms with Crippen LogP contribution < -0.4 is 5.32 Å². The molecule has 3 aromatic heterocycles. The number of esters is 1. The Morgan fingerprint density at radius 1 is 1.14 bits per heavy atom. The van der Waals surface area contributed by atoms with E-state index in [1.54, 1.807) is 25.3 Å². The highest BCUT2D eigenvalue weighted by Crippen LogP contribution is 2.42. The highest BCUT2D eigenvalue weighted by Gasteiger charge is 2.41. The zero-order valence-corrected chi connectivity index (χ0v) is 39.0. The second kappa shape index (κ2) is 19.3. The minimum absolute atomic E-state index is 0.0352. The van der Waals surface area contributed by atoms with Gasteiger partial charge in [-0.3, -0.25) is 29.0 Å². The molecule has 2 fully saturated rings. The summed E-state index contributed by atoms with van der Waals surface area (Å²) >= 11 is 1.38. The van der Waals surface area contributed by atoms with E-state index in [1.165, 1.54) is 27.4 Å². The lowest BCUT2D eigenvalue weighted by Gasteiger charge is -2.35. The highest BCUT2D eigenvalue weighted by atomic mass is 32.1. The van der Waals surface area contributed by atoms with Crippen LogP contribution in [0.25, 0.3) is 33.4 Å². The average molecular weight is 896 g/mol. The van der Waals surface area contributed by atoms with Gasteiger partial charge in [0.1, 0.15) is 12.1 Å². The molecule has 3 aliphatic heterocycles. The van der Waals surface area contributed by atoms with Gasteiger partial charge in [-0.15, -0.1) is 11.3 Å². The van der Waals surface area contributed by atoms with Crippen molar-refractivity contribution in [1.82, 2.24) is 34.7 Å². The Morgan fingerprint density at radius 2 is 1.92 bits per heavy atom. The molecule has 1 N–H and O–H groups in total. The van der Waals surface area contributed by atoms with Crippen LogP contribution in [0.3, 0.4) is 0 Å². The van der Waals surface area contributed by atoms with E-state index in [-0.39, 0.29) is 50.0 Å². The number of methoxy groups -OCH3 is 1. The molecular weight excluding hydrogens is 835 g/mol. The van der Waals surface area contributed by atoms with Crippen molar-refractivity contribution in [2.45, 2.75) is 104 Å². The van der Waals surface area contributed by atoms with Crippen molar-refractivity contribution in [2.75, 3.05) is 40.4 Å². The maximum absolute atomic E-state index is 14.5. The van der Waals surface area contributed by atoms with Crippen LogP contribution in [0.15, 0.2) is 54.6 Å². The summed E-state index contributed by atoms with van der Waals surface area (Å²) in [5.74, 6) is -2.93. The maximum atomic E-state index is 14.5. The molecule has 4 unspecified atom stereocenters. The maximum Gasteiger partial charge on any atom is 0.338 e. The molecule has 6 heterocycles. The minimum atomic E-state index is -1.14. The van der Waals surface area contributed by atoms with Gasteiger partial charge in [0.2, 0.25) is 17.7 Å². The van der Waals surface area contributed by atoms with Crippen LogP contribution in [0.1, 0.15) is 83.2 Å². The fourth-order valence-electron chi connectivity index (χ4n) is 9.33. The Kier molecular flexibility index (Phi) is 14.1. The number of nitrogens with one attached hydrogen (secondary N) is 1. The van der Waals surface area contributed by atoms with Crippen LogP contribution in [0.5, 0.6) is 0 Å². The Labute approximate surface area is 379 Å². The molecule has 4 aromatic rings. The fourth-order valence-corrected chi connectivity index (χ4v) is 10.2. The van der Waals surface area contributed by atoms with Crippen LogP contribution in [0, 0.1) is 17.3 Å². The lowest BCUT2D eigenvalue weighted by Crippen LogP contribution is -2.58. The van der Waals surface area contributed by atoms with Crippen molar-refractivity contribution >= 4 is 51.8 Å². The number of thiazole rings is 1. The van der Waals surface area contributed by atoms with Crippen LogP contribution >= 0.6 is 11.3 Å². The van der Waals surface area contributed by atoms with Gasteiger partial charge in [0.05, 0.1) is 40.7 Å². The number of likely N-dealkylation sites (N-methyl/N-ethyl adjacent to an activating group) is 1. The van der Waals surface area contributed by atoms with Crippen LogP contribution in [-0.2, 0) is 57.7 Å². The summed E-state index contributed by atoms with van der Waals surface area (Å²) < 4.78 is 14.1. The zero-order valence-electron chi connectivity index (χ0n) is 38.2. The lowest BCUT2D eigenvalue weighted by molar-refractivity contribution is -0.231. The molecule has 3 aliphatic rings. The number of ether oxygens (including phenoxy) is 2. The molecule has 0 saturated carbocycles. The SMILES string of the molecule is C=CC(=O)N1CCC(C(=O)N(C)C(C(=O)NC2Cc3nc(cs3)-c3ccc4c(c3)c(c(-c3cccnc3C(C)OC)n4CC)CC(C)(C)COC(=O)[C@@H]3CCCN(O3)C2=O)C(C)C)C1. The van der Waals surface area contributed by atoms with E-state index in [4.69, 9.17) is 24.3 Å². The number of carbonyl (C=O) groups is 5. The Morgan fingerprint density at radius 3 is 2.64 bits per heavy atom. The largest absolute Gasteiger partial charge is 0.463 e. The van der Waals surface area contributed by atoms with Crippen molar-refractivity contribution in [3.8, 4) is 22.5 Å². The van der Waals surface area contributed by atoms with Gasteiger partial charge < -0.3 is 29.2 Å². The monoisotopic (exact) mass is 895 g/mol. The summed E-state index contributed by atoms with van der Waals surface area (Å²) in [6, 6.07) is 8.27. The molecule has 0 spiro atoms. The van der Waals surface area contributed by atoms with E-state index in [9.17, 15) is 24.0 Å². The van der Waals surface area contributed by atoms with Gasteiger partial charge in [-0.05, 0) is 81.4 Å². The molecule has 0 aliphatic carbocycles. The third kappa shape index (κ3) is 9.50. The number of carbonyl (C=O) groups excluding carboxylic acids is 5. The number of cyclic esters (lactones) is 1. The molecule has 342 valence electrons. The van der Waals surface area contributed by atoms with E-state index >= 15 is 0 Å². The number of hydrogen-bond acceptors (Lipinski definition) is 11. The van der Waals surface area contributed by atoms with Crippen LogP contribution in [0.4, 0.5) is 0 Å². The number of hydrogen-bond donors (Lipinski definition) is 1. The quantitative estimate of drug-likeness (QED) is 0.144. The summed E-state index contributed by atoms with van der Waals surface area (Å²) in [6.07, 6.45) is 3.61. The average Bonchev–Trinajstić information content (AvgIpc) is 4.05. The number of amides is 4. The van der Waals surface area contributed by atoms with E-state index in [2.05, 4.69) is 61.5 Å². The second-order valence-corrected chi connectivity index (χ2v) is 19.2. The highest BCUT2D eigenvalue weighted by molar-refractivity contribution is 7.10. The molecule has 64 heavy (non-hydrogen) atoms. The first-order valence-corrected chi connectivity index (χ1v) is 23.1. The molecule has 5 atom stereocenters.